The number of halogens is 3. The van der Waals surface area contributed by atoms with Crippen LogP contribution in [-0.4, -0.2) is 20.2 Å². The summed E-state index contributed by atoms with van der Waals surface area (Å²) in [6.45, 7) is 0. The van der Waals surface area contributed by atoms with Gasteiger partial charge in [-0.25, -0.2) is 8.42 Å². The highest BCUT2D eigenvalue weighted by molar-refractivity contribution is 7.94. The molecule has 0 fully saturated rings. The molecule has 1 heterocycles. The maximum atomic E-state index is 12.5. The van der Waals surface area contributed by atoms with E-state index >= 15 is 0 Å². The second-order valence-electron chi connectivity index (χ2n) is 3.99. The molecule has 1 aliphatic rings. The molecule has 98 valence electrons. The van der Waals surface area contributed by atoms with Crippen molar-refractivity contribution in [3.8, 4) is 0 Å². The van der Waals surface area contributed by atoms with Crippen molar-refractivity contribution in [3.05, 3.63) is 41.3 Å². The number of sulfone groups is 1. The number of hydrogen-bond acceptors (Lipinski definition) is 3. The summed E-state index contributed by atoms with van der Waals surface area (Å²) >= 11 is 0. The average molecular weight is 277 g/mol. The molecule has 0 bridgehead atoms. The molecule has 1 aliphatic heterocycles. The fraction of sp³-hybridized carbons (Fsp3) is 0.273. The van der Waals surface area contributed by atoms with Crippen LogP contribution in [0.2, 0.25) is 0 Å². The van der Waals surface area contributed by atoms with Crippen molar-refractivity contribution in [3.63, 3.8) is 0 Å². The topological polar surface area (TPSA) is 46.2 Å². The zero-order valence-corrected chi connectivity index (χ0v) is 9.92. The van der Waals surface area contributed by atoms with Crippen molar-refractivity contribution in [2.24, 2.45) is 0 Å². The van der Waals surface area contributed by atoms with Gasteiger partial charge in [0.25, 0.3) is 0 Å². The SMILES string of the molecule is O=S1(=O)C=CC(Nc2cccc(C(F)(F)F)c2)C1. The maximum Gasteiger partial charge on any atom is 0.416 e. The Morgan fingerprint density at radius 3 is 2.56 bits per heavy atom. The highest BCUT2D eigenvalue weighted by atomic mass is 32.2. The van der Waals surface area contributed by atoms with Crippen molar-refractivity contribution in [2.75, 3.05) is 11.1 Å². The van der Waals surface area contributed by atoms with Crippen LogP contribution in [-0.2, 0) is 16.0 Å². The van der Waals surface area contributed by atoms with Crippen LogP contribution in [0.25, 0.3) is 0 Å². The van der Waals surface area contributed by atoms with E-state index in [1.54, 1.807) is 0 Å². The first-order valence-corrected chi connectivity index (χ1v) is 6.83. The van der Waals surface area contributed by atoms with Crippen LogP contribution in [0.15, 0.2) is 35.7 Å². The van der Waals surface area contributed by atoms with Crippen LogP contribution in [0.5, 0.6) is 0 Å². The van der Waals surface area contributed by atoms with Crippen LogP contribution in [0.1, 0.15) is 5.56 Å². The van der Waals surface area contributed by atoms with Gasteiger partial charge in [-0.1, -0.05) is 12.1 Å². The number of alkyl halides is 3. The predicted octanol–water partition coefficient (Wildman–Crippen LogP) is 2.43. The van der Waals surface area contributed by atoms with E-state index in [-0.39, 0.29) is 11.4 Å². The van der Waals surface area contributed by atoms with Crippen LogP contribution in [0.4, 0.5) is 18.9 Å². The monoisotopic (exact) mass is 277 g/mol. The van der Waals surface area contributed by atoms with Crippen LogP contribution in [0.3, 0.4) is 0 Å². The summed E-state index contributed by atoms with van der Waals surface area (Å²) < 4.78 is 59.7. The molecule has 1 aromatic rings. The van der Waals surface area contributed by atoms with Gasteiger partial charge in [0, 0.05) is 11.1 Å². The van der Waals surface area contributed by atoms with Gasteiger partial charge in [0.05, 0.1) is 17.4 Å². The van der Waals surface area contributed by atoms with Gasteiger partial charge in [0.2, 0.25) is 0 Å². The lowest BCUT2D eigenvalue weighted by Gasteiger charge is -2.13. The van der Waals surface area contributed by atoms with Crippen molar-refractivity contribution < 1.29 is 21.6 Å². The zero-order chi connectivity index (χ0) is 13.4. The first-order valence-electron chi connectivity index (χ1n) is 5.11. The van der Waals surface area contributed by atoms with Crippen LogP contribution in [0, 0.1) is 0 Å². The Morgan fingerprint density at radius 1 is 1.28 bits per heavy atom. The van der Waals surface area contributed by atoms with E-state index in [9.17, 15) is 21.6 Å². The quantitative estimate of drug-likeness (QED) is 0.903. The molecule has 1 N–H and O–H groups in total. The largest absolute Gasteiger partial charge is 0.416 e. The molecule has 1 atom stereocenters. The summed E-state index contributed by atoms with van der Waals surface area (Å²) in [5, 5.41) is 3.81. The molecule has 18 heavy (non-hydrogen) atoms. The lowest BCUT2D eigenvalue weighted by molar-refractivity contribution is -0.137. The van der Waals surface area contributed by atoms with Gasteiger partial charge < -0.3 is 5.32 Å². The third-order valence-electron chi connectivity index (χ3n) is 2.47. The Morgan fingerprint density at radius 2 is 2.00 bits per heavy atom. The first kappa shape index (κ1) is 12.9. The Labute approximate surface area is 102 Å². The van der Waals surface area contributed by atoms with Gasteiger partial charge >= 0.3 is 6.18 Å². The van der Waals surface area contributed by atoms with E-state index in [1.807, 2.05) is 0 Å². The second-order valence-corrected chi connectivity index (χ2v) is 5.92. The number of rotatable bonds is 2. The highest BCUT2D eigenvalue weighted by Crippen LogP contribution is 2.31. The zero-order valence-electron chi connectivity index (χ0n) is 9.11. The Hall–Kier alpha value is -1.50. The van der Waals surface area contributed by atoms with E-state index in [2.05, 4.69) is 5.32 Å². The van der Waals surface area contributed by atoms with Gasteiger partial charge in [-0.3, -0.25) is 0 Å². The Bertz CT molecular complexity index is 578. The van der Waals surface area contributed by atoms with E-state index < -0.39 is 27.6 Å². The molecular formula is C11H10F3NO2S. The molecule has 0 spiro atoms. The molecule has 0 radical (unpaired) electrons. The Balaban J connectivity index is 2.14. The minimum absolute atomic E-state index is 0.136. The minimum atomic E-state index is -4.41. The molecule has 1 unspecified atom stereocenters. The van der Waals surface area contributed by atoms with Gasteiger partial charge in [0.1, 0.15) is 0 Å². The van der Waals surface area contributed by atoms with Gasteiger partial charge in [-0.15, -0.1) is 0 Å². The maximum absolute atomic E-state index is 12.5. The average Bonchev–Trinajstić information content (AvgIpc) is 2.57. The summed E-state index contributed by atoms with van der Waals surface area (Å²) in [6.07, 6.45) is -2.98. The summed E-state index contributed by atoms with van der Waals surface area (Å²) in [5.41, 5.74) is -0.520. The molecule has 1 aromatic carbocycles. The smallest absolute Gasteiger partial charge is 0.378 e. The molecule has 0 saturated carbocycles. The van der Waals surface area contributed by atoms with E-state index in [0.717, 1.165) is 17.5 Å². The fourth-order valence-electron chi connectivity index (χ4n) is 1.67. The standard InChI is InChI=1S/C11H10F3NO2S/c12-11(13,14)8-2-1-3-9(6-8)15-10-4-5-18(16,17)7-10/h1-6,10,15H,7H2. The number of nitrogens with one attached hydrogen (secondary N) is 1. The summed E-state index contributed by atoms with van der Waals surface area (Å²) in [7, 11) is -3.22. The summed E-state index contributed by atoms with van der Waals surface area (Å²) in [4.78, 5) is 0. The van der Waals surface area contributed by atoms with Crippen molar-refractivity contribution in [1.29, 1.82) is 0 Å². The Kier molecular flexibility index (Phi) is 3.10. The van der Waals surface area contributed by atoms with Crippen LogP contribution < -0.4 is 5.32 Å². The summed E-state index contributed by atoms with van der Waals surface area (Å²) in [6, 6.07) is 4.18. The lowest BCUT2D eigenvalue weighted by atomic mass is 10.2. The number of anilines is 1. The third kappa shape index (κ3) is 3.04. The summed E-state index contributed by atoms with van der Waals surface area (Å²) in [5.74, 6) is -0.136. The number of hydrogen-bond donors (Lipinski definition) is 1. The van der Waals surface area contributed by atoms with Crippen molar-refractivity contribution >= 4 is 15.5 Å². The van der Waals surface area contributed by atoms with Gasteiger partial charge in [-0.05, 0) is 18.2 Å². The first-order chi connectivity index (χ1) is 8.26. The van der Waals surface area contributed by atoms with E-state index in [4.69, 9.17) is 0 Å². The molecule has 3 nitrogen and oxygen atoms in total. The molecular weight excluding hydrogens is 267 g/mol. The second kappa shape index (κ2) is 4.31. The molecule has 0 amide bonds. The predicted molar refractivity (Wildman–Crippen MR) is 61.8 cm³/mol. The molecule has 0 aliphatic carbocycles. The molecule has 7 heteroatoms. The van der Waals surface area contributed by atoms with E-state index in [0.29, 0.717) is 0 Å². The molecule has 2 rings (SSSR count). The van der Waals surface area contributed by atoms with Gasteiger partial charge in [-0.2, -0.15) is 13.2 Å². The highest BCUT2D eigenvalue weighted by Gasteiger charge is 2.30. The van der Waals surface area contributed by atoms with Crippen molar-refractivity contribution in [1.82, 2.24) is 0 Å². The molecule has 0 saturated heterocycles. The fourth-order valence-corrected chi connectivity index (χ4v) is 2.90. The van der Waals surface area contributed by atoms with E-state index in [1.165, 1.54) is 18.2 Å². The number of benzene rings is 1. The van der Waals surface area contributed by atoms with Crippen molar-refractivity contribution in [2.45, 2.75) is 12.2 Å². The minimum Gasteiger partial charge on any atom is -0.378 e. The normalized spacial score (nSPS) is 22.1. The molecule has 0 aromatic heterocycles. The third-order valence-corrected chi connectivity index (χ3v) is 3.87. The van der Waals surface area contributed by atoms with Crippen LogP contribution >= 0.6 is 0 Å². The lowest BCUT2D eigenvalue weighted by Crippen LogP contribution is -2.21. The van der Waals surface area contributed by atoms with Gasteiger partial charge in [0.15, 0.2) is 9.84 Å².